The largest absolute Gasteiger partial charge is 0.384 e. The fourth-order valence-electron chi connectivity index (χ4n) is 2.40. The molecule has 0 aliphatic carbocycles. The van der Waals surface area contributed by atoms with E-state index in [2.05, 4.69) is 15.5 Å². The van der Waals surface area contributed by atoms with Crippen LogP contribution >= 0.6 is 23.1 Å². The van der Waals surface area contributed by atoms with Gasteiger partial charge >= 0.3 is 0 Å². The molecule has 1 fully saturated rings. The topological polar surface area (TPSA) is 93.7 Å². The highest BCUT2D eigenvalue weighted by Gasteiger charge is 2.36. The van der Waals surface area contributed by atoms with Crippen LogP contribution in [0.1, 0.15) is 13.3 Å². The molecule has 1 aliphatic rings. The van der Waals surface area contributed by atoms with Crippen molar-refractivity contribution in [2.75, 3.05) is 45.0 Å². The number of aromatic nitrogens is 2. The molecule has 0 saturated carbocycles. The number of carbonyl (C=O) groups excluding carboxylic acids is 2. The molecule has 2 atom stereocenters. The quantitative estimate of drug-likeness (QED) is 0.393. The minimum absolute atomic E-state index is 0.0206. The molecule has 10 heteroatoms. The standard InChI is InChI=1S/C14H22N4O4S2/c1-9(8-22-3)18-7-10(6-11(18)19)12(20)15-13-16-17-14(24-13)23-5-4-21-2/h9-10H,4-8H2,1-3H3,(H,15,16,20)/t9-,10-/m1/s1. The molecular weight excluding hydrogens is 352 g/mol. The van der Waals surface area contributed by atoms with Crippen LogP contribution in [0.15, 0.2) is 4.34 Å². The van der Waals surface area contributed by atoms with E-state index in [1.165, 1.54) is 23.1 Å². The first-order valence-electron chi connectivity index (χ1n) is 7.59. The Balaban J connectivity index is 1.85. The fraction of sp³-hybridized carbons (Fsp3) is 0.714. The van der Waals surface area contributed by atoms with Gasteiger partial charge in [-0.15, -0.1) is 10.2 Å². The molecule has 1 aromatic rings. The van der Waals surface area contributed by atoms with Gasteiger partial charge < -0.3 is 19.7 Å². The van der Waals surface area contributed by atoms with Crippen LogP contribution < -0.4 is 5.32 Å². The summed E-state index contributed by atoms with van der Waals surface area (Å²) in [6, 6.07) is -0.0365. The van der Waals surface area contributed by atoms with Gasteiger partial charge in [0.25, 0.3) is 0 Å². The van der Waals surface area contributed by atoms with Crippen LogP contribution in [-0.4, -0.2) is 72.7 Å². The molecule has 24 heavy (non-hydrogen) atoms. The summed E-state index contributed by atoms with van der Waals surface area (Å²) >= 11 is 2.85. The van der Waals surface area contributed by atoms with Gasteiger partial charge in [-0.2, -0.15) is 0 Å². The molecule has 2 amide bonds. The maximum absolute atomic E-state index is 12.3. The molecule has 1 saturated heterocycles. The van der Waals surface area contributed by atoms with Crippen molar-refractivity contribution in [2.45, 2.75) is 23.7 Å². The van der Waals surface area contributed by atoms with Gasteiger partial charge in [0.15, 0.2) is 4.34 Å². The van der Waals surface area contributed by atoms with Crippen molar-refractivity contribution in [3.8, 4) is 0 Å². The Morgan fingerprint density at radius 3 is 2.96 bits per heavy atom. The lowest BCUT2D eigenvalue weighted by Crippen LogP contribution is -2.38. The van der Waals surface area contributed by atoms with Crippen LogP contribution in [0, 0.1) is 5.92 Å². The van der Waals surface area contributed by atoms with Crippen molar-refractivity contribution in [1.82, 2.24) is 15.1 Å². The Kier molecular flexibility index (Phi) is 7.40. The van der Waals surface area contributed by atoms with Gasteiger partial charge in [-0.1, -0.05) is 23.1 Å². The predicted octanol–water partition coefficient (Wildman–Crippen LogP) is 1.10. The summed E-state index contributed by atoms with van der Waals surface area (Å²) < 4.78 is 10.8. The van der Waals surface area contributed by atoms with E-state index in [0.717, 1.165) is 10.1 Å². The summed E-state index contributed by atoms with van der Waals surface area (Å²) in [5, 5.41) is 11.2. The third-order valence-electron chi connectivity index (χ3n) is 3.62. The van der Waals surface area contributed by atoms with Crippen molar-refractivity contribution < 1.29 is 19.1 Å². The molecule has 0 bridgehead atoms. The normalized spacial score (nSPS) is 18.9. The van der Waals surface area contributed by atoms with Gasteiger partial charge in [-0.3, -0.25) is 9.59 Å². The van der Waals surface area contributed by atoms with Crippen LogP contribution in [0.3, 0.4) is 0 Å². The lowest BCUT2D eigenvalue weighted by Gasteiger charge is -2.23. The number of amides is 2. The van der Waals surface area contributed by atoms with Crippen LogP contribution in [0.2, 0.25) is 0 Å². The summed E-state index contributed by atoms with van der Waals surface area (Å²) in [7, 11) is 3.24. The van der Waals surface area contributed by atoms with E-state index in [9.17, 15) is 9.59 Å². The Bertz CT molecular complexity index is 569. The van der Waals surface area contributed by atoms with Crippen molar-refractivity contribution >= 4 is 40.0 Å². The smallest absolute Gasteiger partial charge is 0.231 e. The lowest BCUT2D eigenvalue weighted by molar-refractivity contribution is -0.130. The second-order valence-electron chi connectivity index (χ2n) is 5.46. The zero-order chi connectivity index (χ0) is 17.5. The van der Waals surface area contributed by atoms with Gasteiger partial charge in [-0.05, 0) is 6.92 Å². The van der Waals surface area contributed by atoms with Crippen LogP contribution in [0.5, 0.6) is 0 Å². The van der Waals surface area contributed by atoms with Crippen molar-refractivity contribution in [2.24, 2.45) is 5.92 Å². The second-order valence-corrected chi connectivity index (χ2v) is 7.77. The van der Waals surface area contributed by atoms with E-state index in [-0.39, 0.29) is 30.2 Å². The Morgan fingerprint density at radius 2 is 2.25 bits per heavy atom. The number of nitrogens with one attached hydrogen (secondary N) is 1. The average Bonchev–Trinajstić information content (AvgIpc) is 3.14. The Morgan fingerprint density at radius 1 is 1.46 bits per heavy atom. The summed E-state index contributed by atoms with van der Waals surface area (Å²) in [4.78, 5) is 26.1. The molecule has 0 aromatic carbocycles. The minimum Gasteiger partial charge on any atom is -0.384 e. The SMILES string of the molecule is COCCSc1nnc(NC(=O)[C@@H]2CC(=O)N([C@H](C)COC)C2)s1. The first-order chi connectivity index (χ1) is 11.5. The lowest BCUT2D eigenvalue weighted by atomic mass is 10.1. The zero-order valence-electron chi connectivity index (χ0n) is 14.0. The van der Waals surface area contributed by atoms with E-state index in [0.29, 0.717) is 24.9 Å². The number of thioether (sulfide) groups is 1. The van der Waals surface area contributed by atoms with Crippen molar-refractivity contribution in [3.63, 3.8) is 0 Å². The van der Waals surface area contributed by atoms with E-state index in [4.69, 9.17) is 9.47 Å². The Labute approximate surface area is 149 Å². The maximum Gasteiger partial charge on any atom is 0.231 e. The number of methoxy groups -OCH3 is 2. The zero-order valence-corrected chi connectivity index (χ0v) is 15.6. The highest BCUT2D eigenvalue weighted by molar-refractivity contribution is 8.01. The number of hydrogen-bond acceptors (Lipinski definition) is 8. The maximum atomic E-state index is 12.3. The number of anilines is 1. The third kappa shape index (κ3) is 5.13. The summed E-state index contributed by atoms with van der Waals surface area (Å²) in [5.74, 6) is 0.195. The molecule has 0 radical (unpaired) electrons. The average molecular weight is 374 g/mol. The number of hydrogen-bond donors (Lipinski definition) is 1. The third-order valence-corrected chi connectivity index (χ3v) is 5.56. The molecule has 0 unspecified atom stereocenters. The highest BCUT2D eigenvalue weighted by atomic mass is 32.2. The van der Waals surface area contributed by atoms with Gasteiger partial charge in [-0.25, -0.2) is 0 Å². The molecule has 134 valence electrons. The monoisotopic (exact) mass is 374 g/mol. The van der Waals surface area contributed by atoms with Crippen LogP contribution in [0.25, 0.3) is 0 Å². The summed E-state index contributed by atoms with van der Waals surface area (Å²) in [5.41, 5.74) is 0. The van der Waals surface area contributed by atoms with E-state index in [1.807, 2.05) is 6.92 Å². The molecule has 0 spiro atoms. The molecule has 8 nitrogen and oxygen atoms in total. The number of likely N-dealkylation sites (tertiary alicyclic amines) is 1. The first-order valence-corrected chi connectivity index (χ1v) is 9.39. The van der Waals surface area contributed by atoms with Crippen molar-refractivity contribution in [1.29, 1.82) is 0 Å². The molecular formula is C14H22N4O4S2. The first kappa shape index (κ1) is 19.1. The predicted molar refractivity (Wildman–Crippen MR) is 92.3 cm³/mol. The second kappa shape index (κ2) is 9.30. The minimum atomic E-state index is -0.370. The summed E-state index contributed by atoms with van der Waals surface area (Å²) in [6.07, 6.45) is 0.216. The van der Waals surface area contributed by atoms with E-state index < -0.39 is 0 Å². The fourth-order valence-corrected chi connectivity index (χ4v) is 4.13. The number of ether oxygens (including phenoxy) is 2. The number of rotatable bonds is 9. The number of carbonyl (C=O) groups is 2. The Hall–Kier alpha value is -1.23. The molecule has 2 heterocycles. The van der Waals surface area contributed by atoms with Gasteiger partial charge in [0.2, 0.25) is 16.9 Å². The molecule has 1 aromatic heterocycles. The highest BCUT2D eigenvalue weighted by Crippen LogP contribution is 2.27. The summed E-state index contributed by atoms with van der Waals surface area (Å²) in [6.45, 7) is 3.41. The van der Waals surface area contributed by atoms with E-state index >= 15 is 0 Å². The van der Waals surface area contributed by atoms with Crippen molar-refractivity contribution in [3.05, 3.63) is 0 Å². The van der Waals surface area contributed by atoms with E-state index in [1.54, 1.807) is 19.1 Å². The van der Waals surface area contributed by atoms with Crippen LogP contribution in [-0.2, 0) is 19.1 Å². The van der Waals surface area contributed by atoms with Gasteiger partial charge in [0, 0.05) is 32.9 Å². The van der Waals surface area contributed by atoms with Crippen LogP contribution in [0.4, 0.5) is 5.13 Å². The van der Waals surface area contributed by atoms with Gasteiger partial charge in [0.1, 0.15) is 0 Å². The number of nitrogens with zero attached hydrogens (tertiary/aromatic N) is 3. The van der Waals surface area contributed by atoms with Gasteiger partial charge in [0.05, 0.1) is 25.2 Å². The molecule has 2 rings (SSSR count). The molecule has 1 N–H and O–H groups in total. The molecule has 1 aliphatic heterocycles.